The summed E-state index contributed by atoms with van der Waals surface area (Å²) >= 11 is 0. The molecule has 0 radical (unpaired) electrons. The zero-order chi connectivity index (χ0) is 14.2. The summed E-state index contributed by atoms with van der Waals surface area (Å²) < 4.78 is 0. The normalized spacial score (nSPS) is 11.2. The zero-order valence-corrected chi connectivity index (χ0v) is 11.5. The molecule has 0 atom stereocenters. The van der Waals surface area contributed by atoms with Crippen molar-refractivity contribution in [3.05, 3.63) is 60.2 Å². The lowest BCUT2D eigenvalue weighted by molar-refractivity contribution is 0.231. The summed E-state index contributed by atoms with van der Waals surface area (Å²) in [6.07, 6.45) is 3.60. The van der Waals surface area contributed by atoms with Gasteiger partial charge in [0, 0.05) is 38.6 Å². The summed E-state index contributed by atoms with van der Waals surface area (Å²) in [5.41, 5.74) is 13.4. The fourth-order valence-electron chi connectivity index (χ4n) is 2.30. The van der Waals surface area contributed by atoms with Crippen LogP contribution in [0.15, 0.2) is 48.8 Å². The minimum Gasteiger partial charge on any atom is -0.329 e. The van der Waals surface area contributed by atoms with E-state index in [4.69, 9.17) is 11.5 Å². The van der Waals surface area contributed by atoms with Gasteiger partial charge in [-0.25, -0.2) is 0 Å². The molecule has 0 fully saturated rings. The maximum atomic E-state index is 5.73. The van der Waals surface area contributed by atoms with E-state index in [1.54, 1.807) is 12.4 Å². The van der Waals surface area contributed by atoms with Crippen LogP contribution in [0.4, 0.5) is 0 Å². The number of hydrogen-bond acceptors (Lipinski definition) is 5. The van der Waals surface area contributed by atoms with Crippen molar-refractivity contribution in [3.8, 4) is 0 Å². The van der Waals surface area contributed by atoms with Crippen molar-refractivity contribution in [1.29, 1.82) is 0 Å². The lowest BCUT2D eigenvalue weighted by atomic mass is 10.1. The van der Waals surface area contributed by atoms with Crippen LogP contribution < -0.4 is 11.5 Å². The van der Waals surface area contributed by atoms with E-state index in [2.05, 4.69) is 14.9 Å². The Morgan fingerprint density at radius 3 is 1.70 bits per heavy atom. The van der Waals surface area contributed by atoms with E-state index >= 15 is 0 Å². The molecule has 2 heterocycles. The number of pyridine rings is 2. The van der Waals surface area contributed by atoms with Crippen LogP contribution in [-0.2, 0) is 0 Å². The van der Waals surface area contributed by atoms with Gasteiger partial charge in [0.15, 0.2) is 0 Å². The molecular formula is C15H21N5. The van der Waals surface area contributed by atoms with Crippen LogP contribution in [0.3, 0.4) is 0 Å². The van der Waals surface area contributed by atoms with Crippen molar-refractivity contribution in [3.63, 3.8) is 0 Å². The highest BCUT2D eigenvalue weighted by Gasteiger charge is 2.23. The molecule has 106 valence electrons. The number of rotatable bonds is 7. The molecule has 0 unspecified atom stereocenters. The van der Waals surface area contributed by atoms with Crippen molar-refractivity contribution in [2.75, 3.05) is 26.2 Å². The van der Waals surface area contributed by atoms with Gasteiger partial charge in [0.25, 0.3) is 0 Å². The third-order valence-electron chi connectivity index (χ3n) is 3.13. The van der Waals surface area contributed by atoms with Gasteiger partial charge in [-0.3, -0.25) is 14.9 Å². The molecule has 0 amide bonds. The Labute approximate surface area is 119 Å². The molecular weight excluding hydrogens is 250 g/mol. The maximum Gasteiger partial charge on any atom is 0.0950 e. The van der Waals surface area contributed by atoms with E-state index in [0.29, 0.717) is 13.1 Å². The molecule has 2 rings (SSSR count). The van der Waals surface area contributed by atoms with Crippen molar-refractivity contribution in [1.82, 2.24) is 14.9 Å². The number of hydrogen-bond donors (Lipinski definition) is 2. The number of aromatic nitrogens is 2. The molecule has 0 aliphatic carbocycles. The first-order valence-corrected chi connectivity index (χ1v) is 6.83. The second kappa shape index (κ2) is 7.69. The van der Waals surface area contributed by atoms with Crippen LogP contribution in [0.25, 0.3) is 0 Å². The molecule has 4 N–H and O–H groups in total. The van der Waals surface area contributed by atoms with Crippen LogP contribution in [0, 0.1) is 0 Å². The van der Waals surface area contributed by atoms with E-state index < -0.39 is 0 Å². The van der Waals surface area contributed by atoms with Gasteiger partial charge in [0.05, 0.1) is 17.4 Å². The molecule has 2 aromatic heterocycles. The molecule has 5 heteroatoms. The predicted octanol–water partition coefficient (Wildman–Crippen LogP) is 0.785. The zero-order valence-electron chi connectivity index (χ0n) is 11.5. The number of nitrogens with zero attached hydrogens (tertiary/aromatic N) is 3. The first kappa shape index (κ1) is 14.6. The molecule has 0 aromatic carbocycles. The lowest BCUT2D eigenvalue weighted by Gasteiger charge is -2.30. The van der Waals surface area contributed by atoms with E-state index in [0.717, 1.165) is 24.5 Å². The standard InChI is InChI=1S/C15H21N5/c16-7-11-20(12-8-17)15(13-5-1-3-9-18-13)14-6-2-4-10-19-14/h1-6,9-10,15H,7-8,11-12,16-17H2. The second-order valence-corrected chi connectivity index (χ2v) is 4.53. The fourth-order valence-corrected chi connectivity index (χ4v) is 2.30. The summed E-state index contributed by atoms with van der Waals surface area (Å²) in [5, 5.41) is 0. The Kier molecular flexibility index (Phi) is 5.61. The van der Waals surface area contributed by atoms with Gasteiger partial charge in [-0.2, -0.15) is 0 Å². The highest BCUT2D eigenvalue weighted by Crippen LogP contribution is 2.24. The predicted molar refractivity (Wildman–Crippen MR) is 80.0 cm³/mol. The molecule has 2 aromatic rings. The van der Waals surface area contributed by atoms with Crippen LogP contribution >= 0.6 is 0 Å². The summed E-state index contributed by atoms with van der Waals surface area (Å²) in [6.45, 7) is 2.68. The van der Waals surface area contributed by atoms with Gasteiger partial charge < -0.3 is 11.5 Å². The summed E-state index contributed by atoms with van der Waals surface area (Å²) in [5.74, 6) is 0. The quantitative estimate of drug-likeness (QED) is 0.778. The Balaban J connectivity index is 2.38. The minimum atomic E-state index is -0.00972. The summed E-state index contributed by atoms with van der Waals surface area (Å²) in [6, 6.07) is 11.8. The van der Waals surface area contributed by atoms with Crippen molar-refractivity contribution in [2.24, 2.45) is 11.5 Å². The van der Waals surface area contributed by atoms with Crippen molar-refractivity contribution in [2.45, 2.75) is 6.04 Å². The smallest absolute Gasteiger partial charge is 0.0950 e. The molecule has 0 saturated heterocycles. The SMILES string of the molecule is NCCN(CCN)C(c1ccccn1)c1ccccn1. The fraction of sp³-hybridized carbons (Fsp3) is 0.333. The summed E-state index contributed by atoms with van der Waals surface area (Å²) in [7, 11) is 0. The van der Waals surface area contributed by atoms with Crippen LogP contribution in [0.1, 0.15) is 17.4 Å². The van der Waals surface area contributed by atoms with Gasteiger partial charge in [-0.15, -0.1) is 0 Å². The van der Waals surface area contributed by atoms with E-state index in [-0.39, 0.29) is 6.04 Å². The Bertz CT molecular complexity index is 443. The Morgan fingerprint density at radius 1 is 0.850 bits per heavy atom. The molecule has 0 saturated carbocycles. The van der Waals surface area contributed by atoms with Gasteiger partial charge in [-0.05, 0) is 24.3 Å². The van der Waals surface area contributed by atoms with E-state index in [9.17, 15) is 0 Å². The Hall–Kier alpha value is -1.82. The van der Waals surface area contributed by atoms with Gasteiger partial charge in [-0.1, -0.05) is 12.1 Å². The highest BCUT2D eigenvalue weighted by atomic mass is 15.2. The molecule has 20 heavy (non-hydrogen) atoms. The first-order valence-electron chi connectivity index (χ1n) is 6.83. The van der Waals surface area contributed by atoms with Crippen LogP contribution in [0.2, 0.25) is 0 Å². The lowest BCUT2D eigenvalue weighted by Crippen LogP contribution is -2.38. The van der Waals surface area contributed by atoms with Crippen molar-refractivity contribution < 1.29 is 0 Å². The van der Waals surface area contributed by atoms with Gasteiger partial charge >= 0.3 is 0 Å². The van der Waals surface area contributed by atoms with Gasteiger partial charge in [0.2, 0.25) is 0 Å². The molecule has 0 aliphatic heterocycles. The average molecular weight is 271 g/mol. The van der Waals surface area contributed by atoms with E-state index in [1.807, 2.05) is 36.4 Å². The number of nitrogens with two attached hydrogens (primary N) is 2. The molecule has 0 bridgehead atoms. The minimum absolute atomic E-state index is 0.00972. The highest BCUT2D eigenvalue weighted by molar-refractivity contribution is 5.22. The van der Waals surface area contributed by atoms with Crippen LogP contribution in [0.5, 0.6) is 0 Å². The third kappa shape index (κ3) is 3.60. The largest absolute Gasteiger partial charge is 0.329 e. The topological polar surface area (TPSA) is 81.1 Å². The Morgan fingerprint density at radius 2 is 1.35 bits per heavy atom. The first-order chi connectivity index (χ1) is 9.86. The van der Waals surface area contributed by atoms with Crippen molar-refractivity contribution >= 4 is 0 Å². The van der Waals surface area contributed by atoms with Crippen LogP contribution in [-0.4, -0.2) is 41.0 Å². The monoisotopic (exact) mass is 271 g/mol. The molecule has 5 nitrogen and oxygen atoms in total. The van der Waals surface area contributed by atoms with Gasteiger partial charge in [0.1, 0.15) is 0 Å². The third-order valence-corrected chi connectivity index (χ3v) is 3.13. The average Bonchev–Trinajstić information content (AvgIpc) is 2.50. The summed E-state index contributed by atoms with van der Waals surface area (Å²) in [4.78, 5) is 11.2. The maximum absolute atomic E-state index is 5.73. The van der Waals surface area contributed by atoms with E-state index in [1.165, 1.54) is 0 Å². The molecule has 0 aliphatic rings. The molecule has 0 spiro atoms. The second-order valence-electron chi connectivity index (χ2n) is 4.53.